The van der Waals surface area contributed by atoms with Gasteiger partial charge < -0.3 is 15.8 Å². The molecule has 0 spiro atoms. The Morgan fingerprint density at radius 1 is 1.53 bits per heavy atom. The molecular formula is C10H13F2N3O2. The molecule has 1 rings (SSSR count). The maximum Gasteiger partial charge on any atom is 0.307 e. The van der Waals surface area contributed by atoms with Gasteiger partial charge in [0.15, 0.2) is 23.3 Å². The zero-order valence-electron chi connectivity index (χ0n) is 9.30. The maximum atomic E-state index is 13.2. The average Bonchev–Trinajstić information content (AvgIpc) is 2.26. The smallest absolute Gasteiger partial charge is 0.307 e. The molecule has 5 nitrogen and oxygen atoms in total. The SMILES string of the molecule is CCOC(=O)CCNc1nc(N)c(F)cc1F. The summed E-state index contributed by atoms with van der Waals surface area (Å²) in [5.41, 5.74) is 5.18. The molecule has 0 radical (unpaired) electrons. The fraction of sp³-hybridized carbons (Fsp3) is 0.400. The molecule has 0 aromatic carbocycles. The standard InChI is InChI=1S/C10H13F2N3O2/c1-2-17-8(16)3-4-14-10-7(12)5-6(11)9(13)15-10/h5H,2-4H2,1H3,(H3,13,14,15). The van der Waals surface area contributed by atoms with Crippen molar-refractivity contribution in [2.45, 2.75) is 13.3 Å². The second-order valence-electron chi connectivity index (χ2n) is 3.17. The summed E-state index contributed by atoms with van der Waals surface area (Å²) in [5.74, 6) is -2.77. The van der Waals surface area contributed by atoms with E-state index in [1.165, 1.54) is 0 Å². The molecule has 0 aliphatic rings. The Morgan fingerprint density at radius 2 is 2.24 bits per heavy atom. The van der Waals surface area contributed by atoms with E-state index in [-0.39, 0.29) is 25.4 Å². The molecule has 0 saturated heterocycles. The van der Waals surface area contributed by atoms with Gasteiger partial charge in [0, 0.05) is 12.6 Å². The number of nitrogens with zero attached hydrogens (tertiary/aromatic N) is 1. The van der Waals surface area contributed by atoms with Crippen LogP contribution in [0.5, 0.6) is 0 Å². The van der Waals surface area contributed by atoms with Crippen molar-refractivity contribution in [3.8, 4) is 0 Å². The molecule has 3 N–H and O–H groups in total. The molecule has 0 atom stereocenters. The predicted octanol–water partition coefficient (Wildman–Crippen LogP) is 1.31. The summed E-state index contributed by atoms with van der Waals surface area (Å²) in [6.07, 6.45) is 0.0617. The zero-order chi connectivity index (χ0) is 12.8. The summed E-state index contributed by atoms with van der Waals surface area (Å²) in [6, 6.07) is 0.634. The topological polar surface area (TPSA) is 77.2 Å². The van der Waals surface area contributed by atoms with Gasteiger partial charge >= 0.3 is 5.97 Å². The van der Waals surface area contributed by atoms with Crippen LogP contribution in [0.3, 0.4) is 0 Å². The van der Waals surface area contributed by atoms with Crippen LogP contribution < -0.4 is 11.1 Å². The average molecular weight is 245 g/mol. The Kier molecular flexibility index (Phi) is 4.62. The van der Waals surface area contributed by atoms with Crippen molar-refractivity contribution in [3.05, 3.63) is 17.7 Å². The Bertz CT molecular complexity index is 413. The number of hydrogen-bond donors (Lipinski definition) is 2. The van der Waals surface area contributed by atoms with Gasteiger partial charge in [0.25, 0.3) is 0 Å². The Hall–Kier alpha value is -1.92. The molecule has 0 amide bonds. The minimum absolute atomic E-state index is 0.0617. The highest BCUT2D eigenvalue weighted by atomic mass is 19.1. The van der Waals surface area contributed by atoms with Gasteiger partial charge in [-0.15, -0.1) is 0 Å². The van der Waals surface area contributed by atoms with E-state index in [9.17, 15) is 13.6 Å². The van der Waals surface area contributed by atoms with Crippen molar-refractivity contribution in [2.24, 2.45) is 0 Å². The van der Waals surface area contributed by atoms with Crippen LogP contribution in [0.4, 0.5) is 20.4 Å². The fourth-order valence-corrected chi connectivity index (χ4v) is 1.12. The van der Waals surface area contributed by atoms with Crippen LogP contribution in [0.15, 0.2) is 6.07 Å². The van der Waals surface area contributed by atoms with Gasteiger partial charge in [-0.3, -0.25) is 4.79 Å². The van der Waals surface area contributed by atoms with Crippen LogP contribution >= 0.6 is 0 Å². The van der Waals surface area contributed by atoms with Gasteiger partial charge in [0.1, 0.15) is 0 Å². The van der Waals surface area contributed by atoms with Crippen molar-refractivity contribution in [3.63, 3.8) is 0 Å². The van der Waals surface area contributed by atoms with Crippen LogP contribution in [0.2, 0.25) is 0 Å². The Balaban J connectivity index is 2.52. The van der Waals surface area contributed by atoms with Gasteiger partial charge in [0.2, 0.25) is 0 Å². The molecule has 0 aliphatic carbocycles. The maximum absolute atomic E-state index is 13.2. The number of nitrogens with two attached hydrogens (primary N) is 1. The van der Waals surface area contributed by atoms with Crippen molar-refractivity contribution >= 4 is 17.6 Å². The molecule has 0 unspecified atom stereocenters. The zero-order valence-corrected chi connectivity index (χ0v) is 9.30. The minimum Gasteiger partial charge on any atom is -0.466 e. The van der Waals surface area contributed by atoms with E-state index in [2.05, 4.69) is 15.0 Å². The summed E-state index contributed by atoms with van der Waals surface area (Å²) in [6.45, 7) is 2.11. The van der Waals surface area contributed by atoms with E-state index in [0.717, 1.165) is 0 Å². The molecule has 1 heterocycles. The van der Waals surface area contributed by atoms with Crippen LogP contribution in [0.1, 0.15) is 13.3 Å². The Morgan fingerprint density at radius 3 is 2.88 bits per heavy atom. The molecule has 17 heavy (non-hydrogen) atoms. The summed E-state index contributed by atoms with van der Waals surface area (Å²) in [5, 5.41) is 2.54. The van der Waals surface area contributed by atoms with Gasteiger partial charge in [-0.2, -0.15) is 0 Å². The van der Waals surface area contributed by atoms with E-state index in [0.29, 0.717) is 6.07 Å². The lowest BCUT2D eigenvalue weighted by molar-refractivity contribution is -0.142. The van der Waals surface area contributed by atoms with Gasteiger partial charge in [0.05, 0.1) is 13.0 Å². The third-order valence-electron chi connectivity index (χ3n) is 1.88. The quantitative estimate of drug-likeness (QED) is 0.765. The largest absolute Gasteiger partial charge is 0.466 e. The number of anilines is 2. The van der Waals surface area contributed by atoms with Gasteiger partial charge in [-0.05, 0) is 6.92 Å². The number of aromatic nitrogens is 1. The summed E-state index contributed by atoms with van der Waals surface area (Å²) >= 11 is 0. The third-order valence-corrected chi connectivity index (χ3v) is 1.88. The lowest BCUT2D eigenvalue weighted by atomic mass is 10.3. The number of pyridine rings is 1. The first kappa shape index (κ1) is 13.1. The van der Waals surface area contributed by atoms with E-state index in [1.54, 1.807) is 6.92 Å². The van der Waals surface area contributed by atoms with E-state index in [4.69, 9.17) is 5.73 Å². The molecular weight excluding hydrogens is 232 g/mol. The predicted molar refractivity (Wildman–Crippen MR) is 58.3 cm³/mol. The van der Waals surface area contributed by atoms with E-state index < -0.39 is 23.4 Å². The highest BCUT2D eigenvalue weighted by molar-refractivity contribution is 5.70. The molecule has 0 aliphatic heterocycles. The van der Waals surface area contributed by atoms with Crippen LogP contribution in [-0.4, -0.2) is 24.1 Å². The van der Waals surface area contributed by atoms with E-state index >= 15 is 0 Å². The molecule has 94 valence electrons. The van der Waals surface area contributed by atoms with E-state index in [1.807, 2.05) is 0 Å². The molecule has 1 aromatic heterocycles. The number of nitrogens with one attached hydrogen (secondary N) is 1. The molecule has 0 bridgehead atoms. The first-order chi connectivity index (χ1) is 8.04. The second-order valence-corrected chi connectivity index (χ2v) is 3.17. The third kappa shape index (κ3) is 3.86. The fourth-order valence-electron chi connectivity index (χ4n) is 1.12. The monoisotopic (exact) mass is 245 g/mol. The Labute approximate surface area is 97.0 Å². The summed E-state index contributed by atoms with van der Waals surface area (Å²) in [4.78, 5) is 14.5. The highest BCUT2D eigenvalue weighted by Gasteiger charge is 2.09. The normalized spacial score (nSPS) is 10.1. The van der Waals surface area contributed by atoms with Crippen LogP contribution in [0, 0.1) is 11.6 Å². The number of nitrogen functional groups attached to an aromatic ring is 1. The lowest BCUT2D eigenvalue weighted by Gasteiger charge is -2.07. The lowest BCUT2D eigenvalue weighted by Crippen LogP contribution is -2.13. The molecule has 1 aromatic rings. The van der Waals surface area contributed by atoms with Gasteiger partial charge in [-0.25, -0.2) is 13.8 Å². The number of ether oxygens (including phenoxy) is 1. The van der Waals surface area contributed by atoms with Crippen LogP contribution in [0.25, 0.3) is 0 Å². The first-order valence-corrected chi connectivity index (χ1v) is 5.05. The van der Waals surface area contributed by atoms with Crippen molar-refractivity contribution < 1.29 is 18.3 Å². The molecule has 7 heteroatoms. The van der Waals surface area contributed by atoms with Crippen molar-refractivity contribution in [1.29, 1.82) is 0 Å². The summed E-state index contributed by atoms with van der Waals surface area (Å²) < 4.78 is 30.6. The van der Waals surface area contributed by atoms with Crippen molar-refractivity contribution in [2.75, 3.05) is 24.2 Å². The number of rotatable bonds is 5. The number of halogens is 2. The number of carbonyl (C=O) groups is 1. The number of carbonyl (C=O) groups excluding carboxylic acids is 1. The van der Waals surface area contributed by atoms with Crippen molar-refractivity contribution in [1.82, 2.24) is 4.98 Å². The molecule has 0 fully saturated rings. The number of esters is 1. The van der Waals surface area contributed by atoms with Gasteiger partial charge in [-0.1, -0.05) is 0 Å². The minimum atomic E-state index is -0.918. The van der Waals surface area contributed by atoms with Crippen LogP contribution in [-0.2, 0) is 9.53 Å². The summed E-state index contributed by atoms with van der Waals surface area (Å²) in [7, 11) is 0. The first-order valence-electron chi connectivity index (χ1n) is 5.05. The highest BCUT2D eigenvalue weighted by Crippen LogP contribution is 2.16. The number of hydrogen-bond acceptors (Lipinski definition) is 5. The molecule has 0 saturated carbocycles. The second kappa shape index (κ2) is 5.97.